The minimum absolute atomic E-state index is 0.0156. The number of carbonyl (C=O) groups excluding carboxylic acids is 3. The number of aliphatic carboxylic acids is 1. The third-order valence-electron chi connectivity index (χ3n) is 4.54. The van der Waals surface area contributed by atoms with Crippen molar-refractivity contribution in [2.24, 2.45) is 0 Å². The van der Waals surface area contributed by atoms with E-state index >= 15 is 0 Å². The van der Waals surface area contributed by atoms with Crippen LogP contribution in [0, 0.1) is 0 Å². The number of carbonyl (C=O) groups is 4. The topological polar surface area (TPSA) is 119 Å². The number of nitrogens with one attached hydrogen (secondary N) is 1. The Morgan fingerprint density at radius 3 is 1.60 bits per heavy atom. The summed E-state index contributed by atoms with van der Waals surface area (Å²) < 4.78 is 10.3. The maximum atomic E-state index is 13.1. The van der Waals surface area contributed by atoms with Gasteiger partial charge in [-0.3, -0.25) is 4.79 Å². The quantitative estimate of drug-likeness (QED) is 0.383. The molecule has 0 fully saturated rings. The molecule has 0 radical (unpaired) electrons. The fourth-order valence-corrected chi connectivity index (χ4v) is 3.23. The minimum Gasteiger partial charge on any atom is -0.478 e. The zero-order valence-electron chi connectivity index (χ0n) is 17.6. The molecule has 3 rings (SSSR count). The Labute approximate surface area is 214 Å². The second-order valence-corrected chi connectivity index (χ2v) is 8.25. The van der Waals surface area contributed by atoms with E-state index in [0.717, 1.165) is 0 Å². The number of halogens is 3. The maximum Gasteiger partial charge on any atom is 0.349 e. The molecule has 1 amide bonds. The Morgan fingerprint density at radius 2 is 1.14 bits per heavy atom. The van der Waals surface area contributed by atoms with Gasteiger partial charge in [-0.15, -0.1) is 0 Å². The zero-order valence-corrected chi connectivity index (χ0v) is 19.9. The van der Waals surface area contributed by atoms with Crippen LogP contribution in [0.15, 0.2) is 72.8 Å². The highest BCUT2D eigenvalue weighted by Crippen LogP contribution is 2.22. The van der Waals surface area contributed by atoms with Crippen molar-refractivity contribution in [3.8, 4) is 0 Å². The Balaban J connectivity index is 1.91. The highest BCUT2D eigenvalue weighted by molar-refractivity contribution is 6.33. The largest absolute Gasteiger partial charge is 0.478 e. The first-order valence-electron chi connectivity index (χ1n) is 9.87. The van der Waals surface area contributed by atoms with Crippen molar-refractivity contribution >= 4 is 64.3 Å². The first-order chi connectivity index (χ1) is 16.7. The highest BCUT2D eigenvalue weighted by Gasteiger charge is 2.41. The predicted molar refractivity (Wildman–Crippen MR) is 129 cm³/mol. The summed E-state index contributed by atoms with van der Waals surface area (Å²) in [7, 11) is 0. The molecule has 0 aromatic heterocycles. The number of anilines is 1. The normalized spacial score (nSPS) is 12.2. The fourth-order valence-electron chi connectivity index (χ4n) is 2.80. The van der Waals surface area contributed by atoms with Gasteiger partial charge in [0.25, 0.3) is 5.91 Å². The summed E-state index contributed by atoms with van der Waals surface area (Å²) in [6.07, 6.45) is -4.28. The van der Waals surface area contributed by atoms with Gasteiger partial charge in [-0.1, -0.05) is 46.9 Å². The molecule has 0 saturated heterocycles. The second kappa shape index (κ2) is 11.7. The van der Waals surface area contributed by atoms with Crippen molar-refractivity contribution in [2.45, 2.75) is 12.2 Å². The van der Waals surface area contributed by atoms with Gasteiger partial charge in [0.05, 0.1) is 21.8 Å². The molecule has 8 nitrogen and oxygen atoms in total. The van der Waals surface area contributed by atoms with E-state index in [0.29, 0.717) is 10.0 Å². The van der Waals surface area contributed by atoms with Gasteiger partial charge in [-0.25, -0.2) is 14.4 Å². The number of hydrogen-bond acceptors (Lipinski definition) is 6. The van der Waals surface area contributed by atoms with E-state index < -0.39 is 36.0 Å². The summed E-state index contributed by atoms with van der Waals surface area (Å²) in [4.78, 5) is 50.3. The third-order valence-corrected chi connectivity index (χ3v) is 5.37. The van der Waals surface area contributed by atoms with Gasteiger partial charge >= 0.3 is 17.9 Å². The number of carboxylic acid groups (broad SMARTS) is 1. The first-order valence-corrected chi connectivity index (χ1v) is 11.0. The number of hydrogen-bond donors (Lipinski definition) is 2. The zero-order chi connectivity index (χ0) is 25.5. The summed E-state index contributed by atoms with van der Waals surface area (Å²) in [6, 6.07) is 17.0. The van der Waals surface area contributed by atoms with Crippen LogP contribution in [0.1, 0.15) is 20.7 Å². The Bertz CT molecular complexity index is 1250. The van der Waals surface area contributed by atoms with Gasteiger partial charge in [-0.05, 0) is 60.7 Å². The Morgan fingerprint density at radius 1 is 0.686 bits per heavy atom. The van der Waals surface area contributed by atoms with Crippen molar-refractivity contribution in [1.82, 2.24) is 0 Å². The summed E-state index contributed by atoms with van der Waals surface area (Å²) >= 11 is 17.7. The van der Waals surface area contributed by atoms with Crippen LogP contribution in [0.25, 0.3) is 0 Å². The molecule has 3 aromatic rings. The van der Waals surface area contributed by atoms with Gasteiger partial charge in [0.15, 0.2) is 0 Å². The molecule has 2 atom stereocenters. The molecule has 0 aliphatic rings. The minimum atomic E-state index is -2.20. The molecule has 0 saturated carbocycles. The molecule has 0 aliphatic heterocycles. The van der Waals surface area contributed by atoms with E-state index in [4.69, 9.17) is 44.3 Å². The molecule has 3 aromatic carbocycles. The lowest BCUT2D eigenvalue weighted by Gasteiger charge is -2.23. The molecule has 0 bridgehead atoms. The standard InChI is InChI=1S/C24H16Cl3NO7/c25-15-9-5-13(6-10-15)23(32)34-19(21(29)28-18-4-2-1-3-17(18)27)20(22(30)31)35-24(33)14-7-11-16(26)12-8-14/h1-12,19-20H,(H,28,29)(H,30,31)/t19-,20+/m0/s1. The number of ether oxygens (including phenoxy) is 2. The lowest BCUT2D eigenvalue weighted by molar-refractivity contribution is -0.157. The molecule has 0 aliphatic carbocycles. The SMILES string of the molecule is O=C(O[C@H](C(=O)Nc1ccccc1Cl)[C@@H](OC(=O)c1ccc(Cl)cc1)C(=O)O)c1ccc(Cl)cc1. The van der Waals surface area contributed by atoms with Gasteiger partial charge in [0, 0.05) is 10.0 Å². The molecule has 35 heavy (non-hydrogen) atoms. The summed E-state index contributed by atoms with van der Waals surface area (Å²) in [5, 5.41) is 13.0. The fraction of sp³-hybridized carbons (Fsp3) is 0.0833. The summed E-state index contributed by atoms with van der Waals surface area (Å²) in [5.41, 5.74) is 0.0768. The molecular formula is C24H16Cl3NO7. The van der Waals surface area contributed by atoms with Crippen LogP contribution >= 0.6 is 34.8 Å². The van der Waals surface area contributed by atoms with E-state index in [1.807, 2.05) is 0 Å². The van der Waals surface area contributed by atoms with Gasteiger partial charge in [0.2, 0.25) is 12.2 Å². The third kappa shape index (κ3) is 6.95. The van der Waals surface area contributed by atoms with Crippen LogP contribution in [0.5, 0.6) is 0 Å². The lowest BCUT2D eigenvalue weighted by atomic mass is 10.1. The molecular weight excluding hydrogens is 521 g/mol. The first kappa shape index (κ1) is 26.0. The van der Waals surface area contributed by atoms with E-state index in [2.05, 4.69) is 5.32 Å². The van der Waals surface area contributed by atoms with Gasteiger partial charge in [0.1, 0.15) is 0 Å². The number of esters is 2. The van der Waals surface area contributed by atoms with Gasteiger partial charge in [-0.2, -0.15) is 0 Å². The predicted octanol–water partition coefficient (Wildman–Crippen LogP) is 5.12. The highest BCUT2D eigenvalue weighted by atomic mass is 35.5. The smallest absolute Gasteiger partial charge is 0.349 e. The van der Waals surface area contributed by atoms with Crippen LogP contribution in [0.3, 0.4) is 0 Å². The average Bonchev–Trinajstić information content (AvgIpc) is 2.83. The second-order valence-electron chi connectivity index (χ2n) is 6.97. The van der Waals surface area contributed by atoms with Crippen molar-refractivity contribution < 1.29 is 33.8 Å². The molecule has 180 valence electrons. The number of benzene rings is 3. The van der Waals surface area contributed by atoms with E-state index in [1.54, 1.807) is 12.1 Å². The van der Waals surface area contributed by atoms with Crippen molar-refractivity contribution in [3.05, 3.63) is 99.0 Å². The molecule has 2 N–H and O–H groups in total. The van der Waals surface area contributed by atoms with Crippen LogP contribution in [-0.4, -0.2) is 41.1 Å². The molecule has 0 unspecified atom stereocenters. The van der Waals surface area contributed by atoms with Crippen molar-refractivity contribution in [1.29, 1.82) is 0 Å². The Hall–Kier alpha value is -3.59. The molecule has 0 heterocycles. The Kier molecular flexibility index (Phi) is 8.70. The molecule has 0 spiro atoms. The van der Waals surface area contributed by atoms with Crippen LogP contribution in [0.2, 0.25) is 15.1 Å². The summed E-state index contributed by atoms with van der Waals surface area (Å²) in [6.45, 7) is 0. The summed E-state index contributed by atoms with van der Waals surface area (Å²) in [5.74, 6) is -4.94. The van der Waals surface area contributed by atoms with Crippen LogP contribution < -0.4 is 5.32 Å². The van der Waals surface area contributed by atoms with Crippen molar-refractivity contribution in [2.75, 3.05) is 5.32 Å². The number of para-hydroxylation sites is 1. The van der Waals surface area contributed by atoms with Gasteiger partial charge < -0.3 is 19.9 Å². The van der Waals surface area contributed by atoms with E-state index in [1.165, 1.54) is 60.7 Å². The van der Waals surface area contributed by atoms with E-state index in [9.17, 15) is 24.3 Å². The average molecular weight is 537 g/mol. The van der Waals surface area contributed by atoms with Crippen molar-refractivity contribution in [3.63, 3.8) is 0 Å². The van der Waals surface area contributed by atoms with E-state index in [-0.39, 0.29) is 21.8 Å². The monoisotopic (exact) mass is 535 g/mol. The maximum absolute atomic E-state index is 13.1. The van der Waals surface area contributed by atoms with Crippen LogP contribution in [0.4, 0.5) is 5.69 Å². The molecule has 11 heteroatoms. The number of carboxylic acids is 1. The van der Waals surface area contributed by atoms with Crippen LogP contribution in [-0.2, 0) is 19.1 Å². The lowest BCUT2D eigenvalue weighted by Crippen LogP contribution is -2.48. The number of amides is 1. The number of rotatable bonds is 8.